The van der Waals surface area contributed by atoms with Gasteiger partial charge in [-0.15, -0.1) is 11.3 Å². The molecule has 1 amide bonds. The van der Waals surface area contributed by atoms with Crippen molar-refractivity contribution in [1.82, 2.24) is 25.2 Å². The van der Waals surface area contributed by atoms with E-state index in [9.17, 15) is 18.0 Å². The molecule has 0 aromatic carbocycles. The van der Waals surface area contributed by atoms with Crippen LogP contribution in [0.2, 0.25) is 0 Å². The Morgan fingerprint density at radius 1 is 1.44 bits per heavy atom. The molecule has 0 aliphatic heterocycles. The fraction of sp³-hybridized carbons (Fsp3) is 0.231. The zero-order valence-electron chi connectivity index (χ0n) is 12.6. The molecule has 0 saturated heterocycles. The van der Waals surface area contributed by atoms with E-state index in [0.29, 0.717) is 11.4 Å². The van der Waals surface area contributed by atoms with Crippen LogP contribution in [-0.2, 0) is 17.6 Å². The molecule has 132 valence electrons. The summed E-state index contributed by atoms with van der Waals surface area (Å²) in [4.78, 5) is 24.6. The quantitative estimate of drug-likeness (QED) is 0.690. The minimum atomic E-state index is -4.68. The normalized spacial score (nSPS) is 11.7. The summed E-state index contributed by atoms with van der Waals surface area (Å²) in [7, 11) is 1.31. The van der Waals surface area contributed by atoms with Crippen LogP contribution < -0.4 is 5.48 Å². The number of alkyl halides is 3. The molecule has 1 N–H and O–H groups in total. The first-order valence-electron chi connectivity index (χ1n) is 6.72. The average molecular weight is 373 g/mol. The Hall–Kier alpha value is -2.73. The predicted octanol–water partition coefficient (Wildman–Crippen LogP) is 2.35. The maximum atomic E-state index is 12.5. The summed E-state index contributed by atoms with van der Waals surface area (Å²) in [5.74, 6) is -2.00. The number of imidazole rings is 1. The van der Waals surface area contributed by atoms with Gasteiger partial charge in [-0.25, -0.2) is 10.5 Å². The predicted molar refractivity (Wildman–Crippen MR) is 78.4 cm³/mol. The Labute approximate surface area is 142 Å². The van der Waals surface area contributed by atoms with Crippen molar-refractivity contribution in [2.75, 3.05) is 7.11 Å². The van der Waals surface area contributed by atoms with E-state index in [-0.39, 0.29) is 11.5 Å². The number of hydrogen-bond donors (Lipinski definition) is 1. The summed E-state index contributed by atoms with van der Waals surface area (Å²) in [6.45, 7) is 0.377. The van der Waals surface area contributed by atoms with E-state index < -0.39 is 18.0 Å². The second-order valence-corrected chi connectivity index (χ2v) is 5.92. The van der Waals surface area contributed by atoms with Crippen LogP contribution in [0.3, 0.4) is 0 Å². The highest BCUT2D eigenvalue weighted by Crippen LogP contribution is 2.31. The second-order valence-electron chi connectivity index (χ2n) is 4.75. The van der Waals surface area contributed by atoms with E-state index in [0.717, 1.165) is 4.88 Å². The standard InChI is InChI=1S/C13H10F3N5O3S/c1-23-20-11(22)8-5-21(6-17-8)4-7-2-3-9(25-7)10-18-12(24-19-10)13(14,15)16/h2-3,5-6H,4H2,1H3,(H,20,22). The fourth-order valence-corrected chi connectivity index (χ4v) is 2.85. The molecule has 0 aliphatic rings. The summed E-state index contributed by atoms with van der Waals surface area (Å²) in [5, 5.41) is 3.34. The molecule has 3 rings (SSSR count). The molecule has 0 fully saturated rings. The van der Waals surface area contributed by atoms with Gasteiger partial charge in [0.15, 0.2) is 0 Å². The molecule has 0 aliphatic carbocycles. The Balaban J connectivity index is 1.72. The number of hydrogen-bond acceptors (Lipinski definition) is 7. The van der Waals surface area contributed by atoms with Gasteiger partial charge in [0.1, 0.15) is 5.69 Å². The number of nitrogens with zero attached hydrogens (tertiary/aromatic N) is 4. The maximum Gasteiger partial charge on any atom is 0.471 e. The van der Waals surface area contributed by atoms with E-state index in [1.54, 1.807) is 16.7 Å². The Bertz CT molecular complexity index is 885. The first-order chi connectivity index (χ1) is 11.9. The highest BCUT2D eigenvalue weighted by atomic mass is 32.1. The van der Waals surface area contributed by atoms with Crippen LogP contribution in [0.25, 0.3) is 10.7 Å². The third-order valence-electron chi connectivity index (χ3n) is 2.95. The third kappa shape index (κ3) is 3.85. The van der Waals surface area contributed by atoms with Gasteiger partial charge in [-0.2, -0.15) is 18.2 Å². The number of aromatic nitrogens is 4. The Morgan fingerprint density at radius 2 is 2.24 bits per heavy atom. The van der Waals surface area contributed by atoms with E-state index >= 15 is 0 Å². The Morgan fingerprint density at radius 3 is 2.92 bits per heavy atom. The third-order valence-corrected chi connectivity index (χ3v) is 4.02. The largest absolute Gasteiger partial charge is 0.471 e. The average Bonchev–Trinajstić information content (AvgIpc) is 3.27. The SMILES string of the molecule is CONC(=O)c1cn(Cc2ccc(-c3noc(C(F)(F)F)n3)s2)cn1. The summed E-state index contributed by atoms with van der Waals surface area (Å²) in [5.41, 5.74) is 2.32. The monoisotopic (exact) mass is 373 g/mol. The lowest BCUT2D eigenvalue weighted by Gasteiger charge is -1.98. The molecule has 0 saturated carbocycles. The molecule has 3 aromatic rings. The number of hydroxylamine groups is 1. The van der Waals surface area contributed by atoms with Gasteiger partial charge in [-0.05, 0) is 12.1 Å². The van der Waals surface area contributed by atoms with Crippen molar-refractivity contribution in [2.24, 2.45) is 0 Å². The van der Waals surface area contributed by atoms with Gasteiger partial charge in [0, 0.05) is 11.1 Å². The fourth-order valence-electron chi connectivity index (χ4n) is 1.91. The molecule has 8 nitrogen and oxygen atoms in total. The highest BCUT2D eigenvalue weighted by Gasteiger charge is 2.38. The van der Waals surface area contributed by atoms with Gasteiger partial charge in [-0.1, -0.05) is 5.16 Å². The lowest BCUT2D eigenvalue weighted by Crippen LogP contribution is -2.22. The zero-order chi connectivity index (χ0) is 18.0. The lowest BCUT2D eigenvalue weighted by atomic mass is 10.4. The van der Waals surface area contributed by atoms with Gasteiger partial charge >= 0.3 is 12.1 Å². The van der Waals surface area contributed by atoms with Crippen molar-refractivity contribution in [3.8, 4) is 10.7 Å². The van der Waals surface area contributed by atoms with Gasteiger partial charge in [0.25, 0.3) is 5.91 Å². The zero-order valence-corrected chi connectivity index (χ0v) is 13.4. The highest BCUT2D eigenvalue weighted by molar-refractivity contribution is 7.15. The van der Waals surface area contributed by atoms with Crippen LogP contribution in [0.5, 0.6) is 0 Å². The lowest BCUT2D eigenvalue weighted by molar-refractivity contribution is -0.159. The van der Waals surface area contributed by atoms with Gasteiger partial charge in [-0.3, -0.25) is 9.63 Å². The van der Waals surface area contributed by atoms with E-state index in [2.05, 4.69) is 30.0 Å². The first kappa shape index (κ1) is 17.1. The van der Waals surface area contributed by atoms with Crippen molar-refractivity contribution < 1.29 is 27.3 Å². The number of rotatable bonds is 5. The van der Waals surface area contributed by atoms with E-state index in [1.807, 2.05) is 0 Å². The van der Waals surface area contributed by atoms with Crippen LogP contribution in [0.15, 0.2) is 29.2 Å². The van der Waals surface area contributed by atoms with Gasteiger partial charge in [0.05, 0.1) is 24.9 Å². The summed E-state index contributed by atoms with van der Waals surface area (Å²) in [6, 6.07) is 3.32. The number of halogens is 3. The molecule has 3 heterocycles. The molecular weight excluding hydrogens is 363 g/mol. The van der Waals surface area contributed by atoms with E-state index in [4.69, 9.17) is 0 Å². The molecule has 3 aromatic heterocycles. The van der Waals surface area contributed by atoms with E-state index in [1.165, 1.54) is 31.0 Å². The molecule has 0 unspecified atom stereocenters. The summed E-state index contributed by atoms with van der Waals surface area (Å²) < 4.78 is 43.3. The summed E-state index contributed by atoms with van der Waals surface area (Å²) in [6.07, 6.45) is -1.70. The number of thiophene rings is 1. The van der Waals surface area contributed by atoms with Crippen molar-refractivity contribution in [3.63, 3.8) is 0 Å². The molecular formula is C13H10F3N5O3S. The maximum absolute atomic E-state index is 12.5. The van der Waals surface area contributed by atoms with Crippen molar-refractivity contribution in [3.05, 3.63) is 41.1 Å². The van der Waals surface area contributed by atoms with Crippen LogP contribution in [0.1, 0.15) is 21.3 Å². The van der Waals surface area contributed by atoms with Crippen molar-refractivity contribution in [1.29, 1.82) is 0 Å². The second kappa shape index (κ2) is 6.64. The minimum Gasteiger partial charge on any atom is -0.331 e. The molecule has 0 atom stereocenters. The Kier molecular flexibility index (Phi) is 4.55. The van der Waals surface area contributed by atoms with Gasteiger partial charge in [0.2, 0.25) is 5.82 Å². The van der Waals surface area contributed by atoms with Gasteiger partial charge < -0.3 is 9.09 Å². The van der Waals surface area contributed by atoms with Crippen LogP contribution in [-0.4, -0.2) is 32.7 Å². The molecule has 0 radical (unpaired) electrons. The molecule has 12 heteroatoms. The molecule has 0 spiro atoms. The van der Waals surface area contributed by atoms with Crippen LogP contribution in [0, 0.1) is 0 Å². The smallest absolute Gasteiger partial charge is 0.331 e. The summed E-state index contributed by atoms with van der Waals surface area (Å²) >= 11 is 1.21. The number of carbonyl (C=O) groups excluding carboxylic acids is 1. The molecule has 25 heavy (non-hydrogen) atoms. The van der Waals surface area contributed by atoms with Crippen molar-refractivity contribution >= 4 is 17.2 Å². The van der Waals surface area contributed by atoms with Crippen molar-refractivity contribution in [2.45, 2.75) is 12.7 Å². The number of carbonyl (C=O) groups is 1. The number of nitrogens with one attached hydrogen (secondary N) is 1. The van der Waals surface area contributed by atoms with Crippen LogP contribution in [0.4, 0.5) is 13.2 Å². The minimum absolute atomic E-state index is 0.130. The topological polar surface area (TPSA) is 95.1 Å². The number of amides is 1. The molecule has 0 bridgehead atoms. The first-order valence-corrected chi connectivity index (χ1v) is 7.53. The van der Waals surface area contributed by atoms with Crippen LogP contribution >= 0.6 is 11.3 Å².